The summed E-state index contributed by atoms with van der Waals surface area (Å²) in [6.07, 6.45) is 23.6. The van der Waals surface area contributed by atoms with Gasteiger partial charge in [-0.15, -0.1) is 0 Å². The predicted octanol–water partition coefficient (Wildman–Crippen LogP) is 4.71. The van der Waals surface area contributed by atoms with Crippen molar-refractivity contribution in [2.24, 2.45) is 0 Å². The summed E-state index contributed by atoms with van der Waals surface area (Å²) in [6, 6.07) is 0. The number of carboxylic acid groups (broad SMARTS) is 1. The number of hydrogen-bond donors (Lipinski definition) is 3. The Kier molecular flexibility index (Phi) is 16.6. The maximum Gasteiger partial charge on any atom is 0.303 e. The third-order valence-electron chi connectivity index (χ3n) is 3.61. The summed E-state index contributed by atoms with van der Waals surface area (Å²) >= 11 is 0. The van der Waals surface area contributed by atoms with Crippen LogP contribution in [0.2, 0.25) is 0 Å². The lowest BCUT2D eigenvalue weighted by Crippen LogP contribution is -2.00. The van der Waals surface area contributed by atoms with Crippen LogP contribution in [0.1, 0.15) is 58.3 Å². The summed E-state index contributed by atoms with van der Waals surface area (Å²) in [7, 11) is 0. The van der Waals surface area contributed by atoms with Crippen molar-refractivity contribution in [2.75, 3.05) is 0 Å². The summed E-state index contributed by atoms with van der Waals surface area (Å²) < 4.78 is 0. The molecular formula is C22H34O4. The molecule has 0 aliphatic heterocycles. The average Bonchev–Trinajstić information content (AvgIpc) is 2.60. The van der Waals surface area contributed by atoms with E-state index in [1.165, 1.54) is 0 Å². The van der Waals surface area contributed by atoms with E-state index >= 15 is 0 Å². The van der Waals surface area contributed by atoms with Crippen molar-refractivity contribution in [1.82, 2.24) is 0 Å². The van der Waals surface area contributed by atoms with Gasteiger partial charge in [0.2, 0.25) is 0 Å². The lowest BCUT2D eigenvalue weighted by atomic mass is 10.1. The van der Waals surface area contributed by atoms with Gasteiger partial charge in [-0.2, -0.15) is 0 Å². The van der Waals surface area contributed by atoms with Crippen LogP contribution in [-0.2, 0) is 4.79 Å². The summed E-state index contributed by atoms with van der Waals surface area (Å²) in [5, 5.41) is 28.0. The zero-order valence-electron chi connectivity index (χ0n) is 15.8. The second-order valence-electron chi connectivity index (χ2n) is 6.13. The van der Waals surface area contributed by atoms with Crippen LogP contribution in [0.4, 0.5) is 0 Å². The zero-order valence-corrected chi connectivity index (χ0v) is 15.8. The number of aliphatic hydroxyl groups excluding tert-OH is 2. The molecule has 0 bridgehead atoms. The number of aliphatic carboxylic acids is 1. The summed E-state index contributed by atoms with van der Waals surface area (Å²) in [4.78, 5) is 10.3. The molecule has 0 saturated heterocycles. The van der Waals surface area contributed by atoms with Gasteiger partial charge in [-0.05, 0) is 25.7 Å². The van der Waals surface area contributed by atoms with Gasteiger partial charge in [0.05, 0.1) is 12.2 Å². The van der Waals surface area contributed by atoms with E-state index in [0.717, 1.165) is 32.1 Å². The van der Waals surface area contributed by atoms with E-state index in [-0.39, 0.29) is 12.5 Å². The topological polar surface area (TPSA) is 77.8 Å². The lowest BCUT2D eigenvalue weighted by Gasteiger charge is -2.02. The largest absolute Gasteiger partial charge is 0.481 e. The second kappa shape index (κ2) is 17.9. The molecule has 2 atom stereocenters. The van der Waals surface area contributed by atoms with Crippen molar-refractivity contribution in [3.8, 4) is 0 Å². The Bertz CT molecular complexity index is 486. The molecule has 0 heterocycles. The number of rotatable bonds is 15. The molecule has 3 N–H and O–H groups in total. The highest BCUT2D eigenvalue weighted by Gasteiger charge is 1.96. The molecule has 0 aliphatic carbocycles. The fraction of sp³-hybridized carbons (Fsp3) is 0.500. The van der Waals surface area contributed by atoms with Crippen molar-refractivity contribution in [2.45, 2.75) is 70.5 Å². The Labute approximate surface area is 157 Å². The van der Waals surface area contributed by atoms with Gasteiger partial charge in [-0.1, -0.05) is 86.9 Å². The monoisotopic (exact) mass is 362 g/mol. The Morgan fingerprint density at radius 1 is 0.885 bits per heavy atom. The van der Waals surface area contributed by atoms with E-state index in [0.29, 0.717) is 12.8 Å². The fourth-order valence-electron chi connectivity index (χ4n) is 2.12. The minimum Gasteiger partial charge on any atom is -0.481 e. The van der Waals surface area contributed by atoms with E-state index in [1.807, 2.05) is 42.5 Å². The van der Waals surface area contributed by atoms with E-state index in [9.17, 15) is 15.0 Å². The average molecular weight is 363 g/mol. The molecule has 0 spiro atoms. The molecule has 0 fully saturated rings. The van der Waals surface area contributed by atoms with Gasteiger partial charge in [0.1, 0.15) is 0 Å². The van der Waals surface area contributed by atoms with E-state index in [2.05, 4.69) is 6.92 Å². The molecule has 0 unspecified atom stereocenters. The molecule has 146 valence electrons. The predicted molar refractivity (Wildman–Crippen MR) is 108 cm³/mol. The van der Waals surface area contributed by atoms with Crippen LogP contribution in [0.3, 0.4) is 0 Å². The third kappa shape index (κ3) is 18.4. The number of allylic oxidation sites excluding steroid dienone is 7. The molecule has 0 rings (SSSR count). The van der Waals surface area contributed by atoms with Crippen LogP contribution in [0.5, 0.6) is 0 Å². The van der Waals surface area contributed by atoms with Crippen molar-refractivity contribution in [3.05, 3.63) is 60.8 Å². The maximum absolute atomic E-state index is 10.3. The van der Waals surface area contributed by atoms with Gasteiger partial charge in [0, 0.05) is 6.42 Å². The first-order valence-corrected chi connectivity index (χ1v) is 9.45. The first-order chi connectivity index (χ1) is 12.6. The molecule has 0 aromatic rings. The van der Waals surface area contributed by atoms with Gasteiger partial charge >= 0.3 is 5.97 Å². The standard InChI is InChI=1S/C22H34O4/c1-2-3-10-15-20(23)17-12-8-9-13-18-21(24)16-11-6-4-5-7-14-19-22(25)26/h5-9,11-13,17-18,20-21,23-24H,2-4,10,14-16,19H2,1H3,(H,25,26)/b7-5-,9-8+,11-6-,17-12-,18-13+/t20-,21-/m0/s1. The number of carboxylic acids is 1. The number of carbonyl (C=O) groups is 1. The molecule has 0 radical (unpaired) electrons. The Morgan fingerprint density at radius 3 is 2.19 bits per heavy atom. The molecule has 26 heavy (non-hydrogen) atoms. The van der Waals surface area contributed by atoms with Crippen LogP contribution < -0.4 is 0 Å². The van der Waals surface area contributed by atoms with E-state index in [1.54, 1.807) is 18.2 Å². The smallest absolute Gasteiger partial charge is 0.303 e. The molecular weight excluding hydrogens is 328 g/mol. The summed E-state index contributed by atoms with van der Waals surface area (Å²) in [5.41, 5.74) is 0. The normalized spacial score (nSPS) is 15.2. The molecule has 0 amide bonds. The Balaban J connectivity index is 3.82. The SMILES string of the molecule is CCCCC[C@H](O)\C=C/C=C/C=C/[C@@H](O)C/C=C\C/C=C\CCC(=O)O. The third-order valence-corrected chi connectivity index (χ3v) is 3.61. The highest BCUT2D eigenvalue weighted by Crippen LogP contribution is 2.04. The van der Waals surface area contributed by atoms with Crippen LogP contribution in [0, 0.1) is 0 Å². The minimum atomic E-state index is -0.784. The zero-order chi connectivity index (χ0) is 19.5. The summed E-state index contributed by atoms with van der Waals surface area (Å²) in [5.74, 6) is -0.784. The fourth-order valence-corrected chi connectivity index (χ4v) is 2.12. The van der Waals surface area contributed by atoms with Crippen molar-refractivity contribution in [3.63, 3.8) is 0 Å². The van der Waals surface area contributed by atoms with Crippen molar-refractivity contribution in [1.29, 1.82) is 0 Å². The molecule has 0 aromatic carbocycles. The molecule has 0 saturated carbocycles. The highest BCUT2D eigenvalue weighted by molar-refractivity contribution is 5.66. The summed E-state index contributed by atoms with van der Waals surface area (Å²) in [6.45, 7) is 2.14. The molecule has 4 nitrogen and oxygen atoms in total. The second-order valence-corrected chi connectivity index (χ2v) is 6.13. The van der Waals surface area contributed by atoms with Crippen LogP contribution in [-0.4, -0.2) is 33.5 Å². The van der Waals surface area contributed by atoms with Crippen LogP contribution in [0.15, 0.2) is 60.8 Å². The quantitative estimate of drug-likeness (QED) is 0.224. The molecule has 0 aromatic heterocycles. The lowest BCUT2D eigenvalue weighted by molar-refractivity contribution is -0.136. The molecule has 4 heteroatoms. The minimum absolute atomic E-state index is 0.157. The van der Waals surface area contributed by atoms with Gasteiger partial charge in [-0.3, -0.25) is 4.79 Å². The highest BCUT2D eigenvalue weighted by atomic mass is 16.4. The number of unbranched alkanes of at least 4 members (excludes halogenated alkanes) is 2. The van der Waals surface area contributed by atoms with Gasteiger partial charge in [0.15, 0.2) is 0 Å². The van der Waals surface area contributed by atoms with Gasteiger partial charge in [-0.25, -0.2) is 0 Å². The first kappa shape index (κ1) is 24.1. The number of hydrogen-bond acceptors (Lipinski definition) is 3. The molecule has 0 aliphatic rings. The van der Waals surface area contributed by atoms with Gasteiger partial charge in [0.25, 0.3) is 0 Å². The number of aliphatic hydroxyl groups is 2. The van der Waals surface area contributed by atoms with Gasteiger partial charge < -0.3 is 15.3 Å². The first-order valence-electron chi connectivity index (χ1n) is 9.45. The van der Waals surface area contributed by atoms with Crippen molar-refractivity contribution < 1.29 is 20.1 Å². The Hall–Kier alpha value is -1.91. The van der Waals surface area contributed by atoms with E-state index in [4.69, 9.17) is 5.11 Å². The van der Waals surface area contributed by atoms with Crippen LogP contribution >= 0.6 is 0 Å². The van der Waals surface area contributed by atoms with Crippen molar-refractivity contribution >= 4 is 5.97 Å². The Morgan fingerprint density at radius 2 is 1.54 bits per heavy atom. The van der Waals surface area contributed by atoms with Crippen LogP contribution in [0.25, 0.3) is 0 Å². The maximum atomic E-state index is 10.3. The van der Waals surface area contributed by atoms with E-state index < -0.39 is 12.1 Å².